The third kappa shape index (κ3) is 5.28. The maximum Gasteiger partial charge on any atom is 0.273 e. The molecule has 0 aliphatic carbocycles. The molecule has 0 radical (unpaired) electrons. The van der Waals surface area contributed by atoms with Gasteiger partial charge >= 0.3 is 0 Å². The molecule has 0 spiro atoms. The zero-order valence-electron chi connectivity index (χ0n) is 12.2. The van der Waals surface area contributed by atoms with Crippen molar-refractivity contribution in [1.29, 1.82) is 5.26 Å². The smallest absolute Gasteiger partial charge is 0.273 e. The number of non-ortho nitro benzene ring substituents is 1. The fourth-order valence-corrected chi connectivity index (χ4v) is 1.71. The second-order valence-corrected chi connectivity index (χ2v) is 4.37. The molecule has 0 saturated heterocycles. The molecule has 0 heterocycles. The van der Waals surface area contributed by atoms with Gasteiger partial charge in [-0.3, -0.25) is 10.1 Å². The lowest BCUT2D eigenvalue weighted by molar-refractivity contribution is -0.385. The monoisotopic (exact) mass is 293 g/mol. The Morgan fingerprint density at radius 3 is 2.81 bits per heavy atom. The van der Waals surface area contributed by atoms with E-state index in [-0.39, 0.29) is 18.3 Å². The molecule has 1 aromatic carbocycles. The van der Waals surface area contributed by atoms with Crippen LogP contribution in [0.25, 0.3) is 0 Å². The standard InChI is InChI=1S/C14H19N3O4/c1-3-7-16-11(10-15)6-8-21-14-9-12(17(18)19)4-5-13(14)20-2/h4-5,9,11,16H,3,6-8H2,1-2H3. The number of nitrogens with zero attached hydrogens (tertiary/aromatic N) is 2. The molecule has 0 amide bonds. The fourth-order valence-electron chi connectivity index (χ4n) is 1.71. The van der Waals surface area contributed by atoms with E-state index in [0.29, 0.717) is 17.9 Å². The van der Waals surface area contributed by atoms with Crippen molar-refractivity contribution < 1.29 is 14.4 Å². The van der Waals surface area contributed by atoms with Gasteiger partial charge in [-0.25, -0.2) is 0 Å². The molecule has 7 nitrogen and oxygen atoms in total. The van der Waals surface area contributed by atoms with Gasteiger partial charge in [-0.1, -0.05) is 6.92 Å². The highest BCUT2D eigenvalue weighted by Gasteiger charge is 2.13. The number of rotatable bonds is 9. The predicted octanol–water partition coefficient (Wildman–Crippen LogP) is 2.26. The van der Waals surface area contributed by atoms with Crippen molar-refractivity contribution in [3.05, 3.63) is 28.3 Å². The molecule has 1 N–H and O–H groups in total. The van der Waals surface area contributed by atoms with Crippen LogP contribution in [0.1, 0.15) is 19.8 Å². The number of benzene rings is 1. The Balaban J connectivity index is 2.63. The molecule has 7 heteroatoms. The van der Waals surface area contributed by atoms with E-state index in [0.717, 1.165) is 13.0 Å². The number of nitro benzene ring substituents is 1. The lowest BCUT2D eigenvalue weighted by Crippen LogP contribution is -2.29. The van der Waals surface area contributed by atoms with E-state index in [4.69, 9.17) is 14.7 Å². The zero-order chi connectivity index (χ0) is 15.7. The largest absolute Gasteiger partial charge is 0.493 e. The Morgan fingerprint density at radius 1 is 1.48 bits per heavy atom. The number of hydrogen-bond acceptors (Lipinski definition) is 6. The molecular weight excluding hydrogens is 274 g/mol. The van der Waals surface area contributed by atoms with Gasteiger partial charge in [0.1, 0.15) is 0 Å². The van der Waals surface area contributed by atoms with Crippen LogP contribution < -0.4 is 14.8 Å². The minimum absolute atomic E-state index is 0.0632. The SMILES string of the molecule is CCCNC(C#N)CCOc1cc([N+](=O)[O-])ccc1OC. The average Bonchev–Trinajstić information content (AvgIpc) is 2.50. The number of ether oxygens (including phenoxy) is 2. The highest BCUT2D eigenvalue weighted by molar-refractivity contribution is 5.48. The number of nitrogens with one attached hydrogen (secondary N) is 1. The van der Waals surface area contributed by atoms with Crippen LogP contribution in [-0.2, 0) is 0 Å². The Kier molecular flexibility index (Phi) is 6.98. The summed E-state index contributed by atoms with van der Waals surface area (Å²) < 4.78 is 10.6. The van der Waals surface area contributed by atoms with Crippen LogP contribution in [0.2, 0.25) is 0 Å². The molecule has 0 aliphatic heterocycles. The minimum atomic E-state index is -0.493. The van der Waals surface area contributed by atoms with Crippen molar-refractivity contribution in [3.8, 4) is 17.6 Å². The molecule has 114 valence electrons. The molecule has 1 unspecified atom stereocenters. The first-order chi connectivity index (χ1) is 10.1. The van der Waals surface area contributed by atoms with Crippen LogP contribution in [0.15, 0.2) is 18.2 Å². The van der Waals surface area contributed by atoms with Gasteiger partial charge in [-0.15, -0.1) is 0 Å². The number of hydrogen-bond donors (Lipinski definition) is 1. The lowest BCUT2D eigenvalue weighted by Gasteiger charge is -2.13. The van der Waals surface area contributed by atoms with Crippen LogP contribution in [0.4, 0.5) is 5.69 Å². The van der Waals surface area contributed by atoms with Crippen LogP contribution >= 0.6 is 0 Å². The van der Waals surface area contributed by atoms with E-state index >= 15 is 0 Å². The quantitative estimate of drug-likeness (QED) is 0.554. The van der Waals surface area contributed by atoms with Crippen LogP contribution in [0.3, 0.4) is 0 Å². The summed E-state index contributed by atoms with van der Waals surface area (Å²) in [6.45, 7) is 3.05. The van der Waals surface area contributed by atoms with Crippen molar-refractivity contribution in [1.82, 2.24) is 5.32 Å². The normalized spacial score (nSPS) is 11.5. The highest BCUT2D eigenvalue weighted by Crippen LogP contribution is 2.31. The minimum Gasteiger partial charge on any atom is -0.493 e. The third-order valence-corrected chi connectivity index (χ3v) is 2.82. The summed E-state index contributed by atoms with van der Waals surface area (Å²) in [5, 5.41) is 22.8. The first-order valence-electron chi connectivity index (χ1n) is 6.70. The van der Waals surface area contributed by atoms with E-state index in [1.54, 1.807) is 0 Å². The lowest BCUT2D eigenvalue weighted by atomic mass is 10.2. The molecule has 0 aromatic heterocycles. The van der Waals surface area contributed by atoms with Crippen LogP contribution in [0.5, 0.6) is 11.5 Å². The van der Waals surface area contributed by atoms with Gasteiger partial charge in [-0.05, 0) is 19.0 Å². The number of nitro groups is 1. The average molecular weight is 293 g/mol. The van der Waals surface area contributed by atoms with Crippen molar-refractivity contribution in [2.24, 2.45) is 0 Å². The third-order valence-electron chi connectivity index (χ3n) is 2.82. The molecule has 0 saturated carbocycles. The summed E-state index contributed by atoms with van der Waals surface area (Å²) in [7, 11) is 1.47. The van der Waals surface area contributed by atoms with Crippen molar-refractivity contribution in [3.63, 3.8) is 0 Å². The predicted molar refractivity (Wildman–Crippen MR) is 77.5 cm³/mol. The molecule has 0 bridgehead atoms. The number of nitriles is 1. The van der Waals surface area contributed by atoms with E-state index in [2.05, 4.69) is 11.4 Å². The van der Waals surface area contributed by atoms with Gasteiger partial charge in [0, 0.05) is 12.5 Å². The second-order valence-electron chi connectivity index (χ2n) is 4.37. The van der Waals surface area contributed by atoms with Crippen LogP contribution in [-0.4, -0.2) is 31.2 Å². The summed E-state index contributed by atoms with van der Waals surface area (Å²) in [6.07, 6.45) is 1.43. The topological polar surface area (TPSA) is 97.4 Å². The Hall–Kier alpha value is -2.33. The van der Waals surface area contributed by atoms with Crippen molar-refractivity contribution in [2.75, 3.05) is 20.3 Å². The van der Waals surface area contributed by atoms with E-state index in [9.17, 15) is 10.1 Å². The van der Waals surface area contributed by atoms with E-state index in [1.807, 2.05) is 6.92 Å². The van der Waals surface area contributed by atoms with E-state index in [1.165, 1.54) is 25.3 Å². The summed E-state index contributed by atoms with van der Waals surface area (Å²) in [5.41, 5.74) is -0.0632. The number of methoxy groups -OCH3 is 1. The first kappa shape index (κ1) is 16.7. The highest BCUT2D eigenvalue weighted by atomic mass is 16.6. The van der Waals surface area contributed by atoms with Gasteiger partial charge < -0.3 is 14.8 Å². The Labute approximate surface area is 123 Å². The van der Waals surface area contributed by atoms with Crippen molar-refractivity contribution >= 4 is 5.69 Å². The zero-order valence-corrected chi connectivity index (χ0v) is 12.2. The molecule has 0 fully saturated rings. The summed E-state index contributed by atoms with van der Waals surface area (Å²) in [4.78, 5) is 10.3. The van der Waals surface area contributed by atoms with E-state index < -0.39 is 4.92 Å². The molecular formula is C14H19N3O4. The Bertz CT molecular complexity index is 513. The van der Waals surface area contributed by atoms with Gasteiger partial charge in [0.05, 0.1) is 36.8 Å². The maximum atomic E-state index is 10.8. The molecule has 1 atom stereocenters. The van der Waals surface area contributed by atoms with Gasteiger partial charge in [0.25, 0.3) is 5.69 Å². The molecule has 1 aromatic rings. The summed E-state index contributed by atoms with van der Waals surface area (Å²) in [5.74, 6) is 0.731. The fraction of sp³-hybridized carbons (Fsp3) is 0.500. The summed E-state index contributed by atoms with van der Waals surface area (Å²) in [6, 6.07) is 6.02. The molecule has 0 aliphatic rings. The Morgan fingerprint density at radius 2 is 2.24 bits per heavy atom. The summed E-state index contributed by atoms with van der Waals surface area (Å²) >= 11 is 0. The van der Waals surface area contributed by atoms with Gasteiger partial charge in [0.2, 0.25) is 0 Å². The first-order valence-corrected chi connectivity index (χ1v) is 6.70. The maximum absolute atomic E-state index is 10.8. The van der Waals surface area contributed by atoms with Crippen molar-refractivity contribution in [2.45, 2.75) is 25.8 Å². The van der Waals surface area contributed by atoms with Gasteiger partial charge in [-0.2, -0.15) is 5.26 Å². The molecule has 1 rings (SSSR count). The van der Waals surface area contributed by atoms with Gasteiger partial charge in [0.15, 0.2) is 11.5 Å². The van der Waals surface area contributed by atoms with Crippen LogP contribution in [0, 0.1) is 21.4 Å². The molecule has 21 heavy (non-hydrogen) atoms. The second kappa shape index (κ2) is 8.76.